The molecule has 0 bridgehead atoms. The molecule has 0 saturated heterocycles. The third kappa shape index (κ3) is 3.17. The van der Waals surface area contributed by atoms with Crippen molar-refractivity contribution in [3.8, 4) is 0 Å². The Morgan fingerprint density at radius 2 is 1.89 bits per heavy atom. The van der Waals surface area contributed by atoms with Gasteiger partial charge >= 0.3 is 0 Å². The van der Waals surface area contributed by atoms with E-state index in [0.717, 1.165) is 0 Å². The van der Waals surface area contributed by atoms with Gasteiger partial charge < -0.3 is 0 Å². The average molecular weight is 269 g/mol. The Hall–Kier alpha value is -1.20. The van der Waals surface area contributed by atoms with Gasteiger partial charge in [-0.1, -0.05) is 39.0 Å². The van der Waals surface area contributed by atoms with Crippen LogP contribution in [-0.2, 0) is 14.8 Å². The molecule has 0 spiro atoms. The number of rotatable bonds is 6. The molecule has 4 nitrogen and oxygen atoms in total. The predicted molar refractivity (Wildman–Crippen MR) is 71.0 cm³/mol. The lowest BCUT2D eigenvalue weighted by atomic mass is 9.95. The van der Waals surface area contributed by atoms with Gasteiger partial charge in [-0.3, -0.25) is 4.79 Å². The Labute approximate surface area is 108 Å². The summed E-state index contributed by atoms with van der Waals surface area (Å²) in [5, 5.41) is 0. The van der Waals surface area contributed by atoms with Gasteiger partial charge in [-0.25, -0.2) is 13.1 Å². The zero-order valence-electron chi connectivity index (χ0n) is 10.9. The molecule has 0 aliphatic carbocycles. The van der Waals surface area contributed by atoms with Crippen LogP contribution in [0.1, 0.15) is 38.7 Å². The molecule has 1 N–H and O–H groups in total. The van der Waals surface area contributed by atoms with E-state index in [2.05, 4.69) is 4.72 Å². The van der Waals surface area contributed by atoms with E-state index in [1.807, 2.05) is 0 Å². The predicted octanol–water partition coefficient (Wildman–Crippen LogP) is 2.07. The molecule has 100 valence electrons. The van der Waals surface area contributed by atoms with Gasteiger partial charge in [0, 0.05) is 18.9 Å². The van der Waals surface area contributed by atoms with E-state index < -0.39 is 15.9 Å². The van der Waals surface area contributed by atoms with Crippen LogP contribution in [-0.4, -0.2) is 20.7 Å². The molecule has 0 fully saturated rings. The zero-order valence-corrected chi connectivity index (χ0v) is 11.8. The zero-order chi connectivity index (χ0) is 13.8. The van der Waals surface area contributed by atoms with E-state index in [1.54, 1.807) is 39.0 Å². The standard InChI is InChI=1S/C13H19NO3S/c1-4-12(15)10(3)11-8-6-7-9-13(11)18(16,17)14-5-2/h6-10,14H,4-5H2,1-3H3. The first-order valence-electron chi connectivity index (χ1n) is 6.05. The van der Waals surface area contributed by atoms with Crippen LogP contribution in [0.25, 0.3) is 0 Å². The topological polar surface area (TPSA) is 63.2 Å². The first-order valence-corrected chi connectivity index (χ1v) is 7.53. The SMILES string of the molecule is CCNS(=O)(=O)c1ccccc1C(C)C(=O)CC. The van der Waals surface area contributed by atoms with Gasteiger partial charge in [-0.05, 0) is 11.6 Å². The van der Waals surface area contributed by atoms with Crippen LogP contribution in [0.5, 0.6) is 0 Å². The molecule has 1 unspecified atom stereocenters. The summed E-state index contributed by atoms with van der Waals surface area (Å²) in [6.07, 6.45) is 0.400. The van der Waals surface area contributed by atoms with Gasteiger partial charge in [0.15, 0.2) is 0 Å². The summed E-state index contributed by atoms with van der Waals surface area (Å²) in [7, 11) is -3.53. The lowest BCUT2D eigenvalue weighted by molar-refractivity contribution is -0.119. The van der Waals surface area contributed by atoms with Crippen molar-refractivity contribution in [1.82, 2.24) is 4.72 Å². The van der Waals surface area contributed by atoms with Gasteiger partial charge in [0.1, 0.15) is 5.78 Å². The van der Waals surface area contributed by atoms with E-state index in [9.17, 15) is 13.2 Å². The minimum absolute atomic E-state index is 0.0362. The molecule has 1 atom stereocenters. The Morgan fingerprint density at radius 3 is 2.44 bits per heavy atom. The number of ketones is 1. The molecule has 0 aliphatic rings. The molecule has 1 aromatic carbocycles. The summed E-state index contributed by atoms with van der Waals surface area (Å²) < 4.78 is 26.5. The fourth-order valence-corrected chi connectivity index (χ4v) is 3.18. The van der Waals surface area contributed by atoms with Crippen LogP contribution in [0.3, 0.4) is 0 Å². The second-order valence-corrected chi connectivity index (χ2v) is 5.82. The lowest BCUT2D eigenvalue weighted by Crippen LogP contribution is -2.25. The smallest absolute Gasteiger partial charge is 0.240 e. The van der Waals surface area contributed by atoms with Crippen LogP contribution >= 0.6 is 0 Å². The maximum atomic E-state index is 12.0. The highest BCUT2D eigenvalue weighted by Crippen LogP contribution is 2.25. The van der Waals surface area contributed by atoms with Crippen molar-refractivity contribution in [3.05, 3.63) is 29.8 Å². The first kappa shape index (κ1) is 14.9. The molecule has 0 saturated carbocycles. The van der Waals surface area contributed by atoms with E-state index in [0.29, 0.717) is 18.5 Å². The third-order valence-electron chi connectivity index (χ3n) is 2.84. The third-order valence-corrected chi connectivity index (χ3v) is 4.46. The highest BCUT2D eigenvalue weighted by molar-refractivity contribution is 7.89. The largest absolute Gasteiger partial charge is 0.299 e. The summed E-state index contributed by atoms with van der Waals surface area (Å²) in [4.78, 5) is 11.9. The number of nitrogens with one attached hydrogen (secondary N) is 1. The minimum atomic E-state index is -3.53. The van der Waals surface area contributed by atoms with Crippen LogP contribution in [0.15, 0.2) is 29.2 Å². The second kappa shape index (κ2) is 6.11. The molecule has 1 aromatic rings. The number of hydrogen-bond acceptors (Lipinski definition) is 3. The van der Waals surface area contributed by atoms with Crippen molar-refractivity contribution in [2.75, 3.05) is 6.54 Å². The summed E-state index contributed by atoms with van der Waals surface area (Å²) >= 11 is 0. The van der Waals surface area contributed by atoms with Gasteiger partial charge in [-0.2, -0.15) is 0 Å². The van der Waals surface area contributed by atoms with Crippen molar-refractivity contribution in [1.29, 1.82) is 0 Å². The highest BCUT2D eigenvalue weighted by Gasteiger charge is 2.23. The Morgan fingerprint density at radius 1 is 1.28 bits per heavy atom. The van der Waals surface area contributed by atoms with Gasteiger partial charge in [0.05, 0.1) is 4.90 Å². The molecule has 0 radical (unpaired) electrons. The second-order valence-electron chi connectivity index (χ2n) is 4.08. The Kier molecular flexibility index (Phi) is 5.04. The van der Waals surface area contributed by atoms with Crippen molar-refractivity contribution in [2.45, 2.75) is 38.0 Å². The van der Waals surface area contributed by atoms with E-state index in [4.69, 9.17) is 0 Å². The Balaban J connectivity index is 3.27. The fraction of sp³-hybridized carbons (Fsp3) is 0.462. The number of hydrogen-bond donors (Lipinski definition) is 1. The van der Waals surface area contributed by atoms with Crippen LogP contribution in [0.2, 0.25) is 0 Å². The van der Waals surface area contributed by atoms with E-state index in [-0.39, 0.29) is 10.7 Å². The number of sulfonamides is 1. The fourth-order valence-electron chi connectivity index (χ4n) is 1.83. The summed E-state index contributed by atoms with van der Waals surface area (Å²) in [6.45, 7) is 5.57. The van der Waals surface area contributed by atoms with Crippen molar-refractivity contribution in [2.24, 2.45) is 0 Å². The first-order chi connectivity index (χ1) is 8.44. The Bertz CT molecular complexity index is 523. The minimum Gasteiger partial charge on any atom is -0.299 e. The number of Topliss-reactive ketones (excluding diaryl/α,β-unsaturated/α-hetero) is 1. The van der Waals surface area contributed by atoms with Crippen LogP contribution in [0.4, 0.5) is 0 Å². The van der Waals surface area contributed by atoms with Gasteiger partial charge in [0.2, 0.25) is 10.0 Å². The quantitative estimate of drug-likeness (QED) is 0.860. The van der Waals surface area contributed by atoms with E-state index in [1.165, 1.54) is 6.07 Å². The highest BCUT2D eigenvalue weighted by atomic mass is 32.2. The maximum Gasteiger partial charge on any atom is 0.240 e. The summed E-state index contributed by atoms with van der Waals surface area (Å²) in [5.74, 6) is -0.367. The van der Waals surface area contributed by atoms with Crippen LogP contribution < -0.4 is 4.72 Å². The number of carbonyl (C=O) groups excluding carboxylic acids is 1. The summed E-state index contributed by atoms with van der Waals surface area (Å²) in [5.41, 5.74) is 0.560. The van der Waals surface area contributed by atoms with Gasteiger partial charge in [0.25, 0.3) is 0 Å². The molecule has 18 heavy (non-hydrogen) atoms. The molecule has 0 amide bonds. The summed E-state index contributed by atoms with van der Waals surface area (Å²) in [6, 6.07) is 6.64. The molecular weight excluding hydrogens is 250 g/mol. The average Bonchev–Trinajstić information content (AvgIpc) is 2.37. The molecule has 5 heteroatoms. The monoisotopic (exact) mass is 269 g/mol. The van der Waals surface area contributed by atoms with Crippen molar-refractivity contribution >= 4 is 15.8 Å². The normalized spacial score (nSPS) is 13.3. The number of carbonyl (C=O) groups is 1. The molecular formula is C13H19NO3S. The maximum absolute atomic E-state index is 12.0. The number of benzene rings is 1. The molecule has 1 rings (SSSR count). The lowest BCUT2D eigenvalue weighted by Gasteiger charge is -2.15. The van der Waals surface area contributed by atoms with Gasteiger partial charge in [-0.15, -0.1) is 0 Å². The molecule has 0 heterocycles. The van der Waals surface area contributed by atoms with Crippen molar-refractivity contribution in [3.63, 3.8) is 0 Å². The van der Waals surface area contributed by atoms with Crippen LogP contribution in [0, 0.1) is 0 Å². The molecule has 0 aromatic heterocycles. The van der Waals surface area contributed by atoms with Crippen molar-refractivity contribution < 1.29 is 13.2 Å². The molecule has 0 aliphatic heterocycles. The van der Waals surface area contributed by atoms with E-state index >= 15 is 0 Å².